The third kappa shape index (κ3) is 1.73. The van der Waals surface area contributed by atoms with Crippen LogP contribution in [0.4, 0.5) is 0 Å². The van der Waals surface area contributed by atoms with Crippen molar-refractivity contribution in [3.63, 3.8) is 0 Å². The van der Waals surface area contributed by atoms with E-state index in [1.54, 1.807) is 12.1 Å². The second kappa shape index (κ2) is 3.87. The molecule has 1 fully saturated rings. The summed E-state index contributed by atoms with van der Waals surface area (Å²) in [5.41, 5.74) is 0.405. The minimum Gasteiger partial charge on any atom is -0.484 e. The number of aliphatic hydroxyl groups is 1. The number of hydrogen-bond donors (Lipinski definition) is 1. The van der Waals surface area contributed by atoms with Crippen molar-refractivity contribution in [1.29, 1.82) is 0 Å². The molecule has 1 N–H and O–H groups in total. The van der Waals surface area contributed by atoms with Gasteiger partial charge in [-0.3, -0.25) is 0 Å². The molecule has 0 radical (unpaired) electrons. The van der Waals surface area contributed by atoms with Gasteiger partial charge in [0.1, 0.15) is 11.4 Å². The van der Waals surface area contributed by atoms with Crippen molar-refractivity contribution in [1.82, 2.24) is 0 Å². The van der Waals surface area contributed by atoms with Crippen LogP contribution in [0.15, 0.2) is 18.2 Å². The van der Waals surface area contributed by atoms with Crippen LogP contribution in [0.5, 0.6) is 5.75 Å². The fraction of sp³-hybridized carbons (Fsp3) is 0.538. The molecule has 3 nitrogen and oxygen atoms in total. The van der Waals surface area contributed by atoms with Crippen molar-refractivity contribution in [3.8, 4) is 5.75 Å². The molecule has 0 aliphatic carbocycles. The average Bonchev–Trinajstić information content (AvgIpc) is 2.62. The van der Waals surface area contributed by atoms with Crippen molar-refractivity contribution in [2.24, 2.45) is 0 Å². The van der Waals surface area contributed by atoms with Crippen LogP contribution in [0.1, 0.15) is 31.4 Å². The van der Waals surface area contributed by atoms with Gasteiger partial charge in [-0.2, -0.15) is 0 Å². The third-order valence-corrected chi connectivity index (χ3v) is 4.05. The molecule has 2 unspecified atom stereocenters. The maximum atomic E-state index is 10.2. The van der Waals surface area contributed by atoms with Gasteiger partial charge in [-0.25, -0.2) is 0 Å². The van der Waals surface area contributed by atoms with Gasteiger partial charge >= 0.3 is 0 Å². The SMILES string of the molecule is CC1OCCC12C[C@H](O)c1cc(Cl)ccc1O2. The van der Waals surface area contributed by atoms with E-state index in [1.807, 2.05) is 13.0 Å². The Labute approximate surface area is 105 Å². The molecule has 0 saturated carbocycles. The van der Waals surface area contributed by atoms with E-state index in [-0.39, 0.29) is 11.7 Å². The molecule has 0 aromatic heterocycles. The number of hydrogen-bond acceptors (Lipinski definition) is 3. The molecule has 3 rings (SSSR count). The Morgan fingerprint density at radius 2 is 2.29 bits per heavy atom. The zero-order valence-corrected chi connectivity index (χ0v) is 10.4. The van der Waals surface area contributed by atoms with Gasteiger partial charge in [0, 0.05) is 23.4 Å². The van der Waals surface area contributed by atoms with Crippen LogP contribution in [-0.2, 0) is 4.74 Å². The molecule has 1 spiro atoms. The van der Waals surface area contributed by atoms with E-state index in [9.17, 15) is 5.11 Å². The van der Waals surface area contributed by atoms with Crippen molar-refractivity contribution < 1.29 is 14.6 Å². The van der Waals surface area contributed by atoms with Crippen molar-refractivity contribution in [2.45, 2.75) is 37.6 Å². The van der Waals surface area contributed by atoms with Crippen molar-refractivity contribution in [3.05, 3.63) is 28.8 Å². The smallest absolute Gasteiger partial charge is 0.140 e. The van der Waals surface area contributed by atoms with Gasteiger partial charge in [-0.05, 0) is 25.1 Å². The quantitative estimate of drug-likeness (QED) is 0.774. The lowest BCUT2D eigenvalue weighted by molar-refractivity contribution is -0.0565. The Hall–Kier alpha value is -0.770. The molecular weight excluding hydrogens is 240 g/mol. The third-order valence-electron chi connectivity index (χ3n) is 3.82. The Morgan fingerprint density at radius 1 is 1.47 bits per heavy atom. The highest BCUT2D eigenvalue weighted by Crippen LogP contribution is 2.46. The van der Waals surface area contributed by atoms with Crippen LogP contribution in [0.2, 0.25) is 5.02 Å². The Kier molecular flexibility index (Phi) is 2.58. The summed E-state index contributed by atoms with van der Waals surface area (Å²) < 4.78 is 11.6. The highest BCUT2D eigenvalue weighted by molar-refractivity contribution is 6.30. The Morgan fingerprint density at radius 3 is 3.00 bits per heavy atom. The predicted octanol–water partition coefficient (Wildman–Crippen LogP) is 2.70. The highest BCUT2D eigenvalue weighted by Gasteiger charge is 2.48. The van der Waals surface area contributed by atoms with Gasteiger partial charge in [0.05, 0.1) is 18.8 Å². The topological polar surface area (TPSA) is 38.7 Å². The van der Waals surface area contributed by atoms with Crippen LogP contribution in [0.3, 0.4) is 0 Å². The first kappa shape index (κ1) is 11.3. The number of fused-ring (bicyclic) bond motifs is 1. The predicted molar refractivity (Wildman–Crippen MR) is 64.4 cm³/mol. The van der Waals surface area contributed by atoms with Crippen LogP contribution < -0.4 is 4.74 Å². The van der Waals surface area contributed by atoms with Crippen LogP contribution in [-0.4, -0.2) is 23.4 Å². The molecule has 4 heteroatoms. The minimum atomic E-state index is -0.526. The molecule has 0 amide bonds. The monoisotopic (exact) mass is 254 g/mol. The molecule has 2 heterocycles. The number of benzene rings is 1. The summed E-state index contributed by atoms with van der Waals surface area (Å²) in [7, 11) is 0. The number of halogens is 1. The van der Waals surface area contributed by atoms with Gasteiger partial charge in [0.15, 0.2) is 0 Å². The summed E-state index contributed by atoms with van der Waals surface area (Å²) in [4.78, 5) is 0. The molecule has 2 aliphatic heterocycles. The van der Waals surface area contributed by atoms with Gasteiger partial charge in [-0.15, -0.1) is 0 Å². The van der Waals surface area contributed by atoms with Gasteiger partial charge in [0.2, 0.25) is 0 Å². The van der Waals surface area contributed by atoms with Crippen LogP contribution >= 0.6 is 11.6 Å². The lowest BCUT2D eigenvalue weighted by Gasteiger charge is -2.40. The second-order valence-electron chi connectivity index (χ2n) is 4.83. The normalized spacial score (nSPS) is 35.7. The van der Waals surface area contributed by atoms with E-state index in [1.165, 1.54) is 0 Å². The first-order valence-electron chi connectivity index (χ1n) is 5.89. The summed E-state index contributed by atoms with van der Waals surface area (Å²) in [6, 6.07) is 5.38. The van der Waals surface area contributed by atoms with Gasteiger partial charge in [0.25, 0.3) is 0 Å². The standard InChI is InChI=1S/C13H15ClO3/c1-8-13(4-5-16-8)7-11(15)10-6-9(14)2-3-12(10)17-13/h2-3,6,8,11,15H,4-5,7H2,1H3/t8?,11-,13?/m0/s1. The second-order valence-corrected chi connectivity index (χ2v) is 5.27. The van der Waals surface area contributed by atoms with Gasteiger partial charge < -0.3 is 14.6 Å². The molecule has 2 aliphatic rings. The molecule has 1 aromatic rings. The lowest BCUT2D eigenvalue weighted by Crippen LogP contribution is -2.46. The van der Waals surface area contributed by atoms with Gasteiger partial charge in [-0.1, -0.05) is 11.6 Å². The summed E-state index contributed by atoms with van der Waals surface area (Å²) in [5, 5.41) is 10.9. The molecule has 0 bridgehead atoms. The fourth-order valence-electron chi connectivity index (χ4n) is 2.74. The molecule has 1 aromatic carbocycles. The van der Waals surface area contributed by atoms with Crippen molar-refractivity contribution in [2.75, 3.05) is 6.61 Å². The first-order valence-corrected chi connectivity index (χ1v) is 6.27. The summed E-state index contributed by atoms with van der Waals surface area (Å²) in [5.74, 6) is 0.727. The number of ether oxygens (including phenoxy) is 2. The number of aliphatic hydroxyl groups excluding tert-OH is 1. The highest BCUT2D eigenvalue weighted by atomic mass is 35.5. The largest absolute Gasteiger partial charge is 0.484 e. The summed E-state index contributed by atoms with van der Waals surface area (Å²) >= 11 is 5.93. The fourth-order valence-corrected chi connectivity index (χ4v) is 2.92. The van der Waals surface area contributed by atoms with Crippen LogP contribution in [0, 0.1) is 0 Å². The van der Waals surface area contributed by atoms with E-state index in [4.69, 9.17) is 21.1 Å². The molecule has 17 heavy (non-hydrogen) atoms. The average molecular weight is 255 g/mol. The number of rotatable bonds is 0. The lowest BCUT2D eigenvalue weighted by atomic mass is 9.84. The minimum absolute atomic E-state index is 0.0148. The summed E-state index contributed by atoms with van der Waals surface area (Å²) in [6.07, 6.45) is 0.886. The molecule has 1 saturated heterocycles. The van der Waals surface area contributed by atoms with E-state index in [0.29, 0.717) is 18.1 Å². The van der Waals surface area contributed by atoms with E-state index in [2.05, 4.69) is 0 Å². The zero-order chi connectivity index (χ0) is 12.0. The van der Waals surface area contributed by atoms with E-state index < -0.39 is 6.10 Å². The van der Waals surface area contributed by atoms with Crippen molar-refractivity contribution >= 4 is 11.6 Å². The molecule has 92 valence electrons. The molecule has 3 atom stereocenters. The van der Waals surface area contributed by atoms with E-state index >= 15 is 0 Å². The van der Waals surface area contributed by atoms with Crippen LogP contribution in [0.25, 0.3) is 0 Å². The Bertz CT molecular complexity index is 448. The Balaban J connectivity index is 2.01. The maximum absolute atomic E-state index is 10.2. The maximum Gasteiger partial charge on any atom is 0.140 e. The first-order chi connectivity index (χ1) is 8.11. The zero-order valence-electron chi connectivity index (χ0n) is 9.65. The molecular formula is C13H15ClO3. The summed E-state index contributed by atoms with van der Waals surface area (Å²) in [6.45, 7) is 2.69. The van der Waals surface area contributed by atoms with E-state index in [0.717, 1.165) is 17.7 Å².